The van der Waals surface area contributed by atoms with Crippen molar-refractivity contribution >= 4 is 29.1 Å². The van der Waals surface area contributed by atoms with Crippen LogP contribution in [0.5, 0.6) is 5.75 Å². The van der Waals surface area contributed by atoms with Crippen LogP contribution in [0.2, 0.25) is 0 Å². The lowest BCUT2D eigenvalue weighted by molar-refractivity contribution is -0.126. The fourth-order valence-corrected chi connectivity index (χ4v) is 3.71. The van der Waals surface area contributed by atoms with Crippen LogP contribution in [0.1, 0.15) is 17.5 Å². The number of hydrogen-bond donors (Lipinski definition) is 2. The second kappa shape index (κ2) is 10.3. The zero-order chi connectivity index (χ0) is 23.3. The van der Waals surface area contributed by atoms with Crippen molar-refractivity contribution in [1.29, 1.82) is 0 Å². The Balaban J connectivity index is 1.59. The van der Waals surface area contributed by atoms with E-state index in [0.29, 0.717) is 36.8 Å². The van der Waals surface area contributed by atoms with Gasteiger partial charge in [-0.1, -0.05) is 18.2 Å². The number of likely N-dealkylation sites (N-methyl/N-ethyl adjacent to an activating group) is 1. The number of anilines is 2. The molecule has 1 aliphatic heterocycles. The summed E-state index contributed by atoms with van der Waals surface area (Å²) in [5, 5.41) is 5.76. The molecule has 1 saturated heterocycles. The molecule has 1 atom stereocenters. The van der Waals surface area contributed by atoms with E-state index in [1.807, 2.05) is 63.5 Å². The Morgan fingerprint density at radius 3 is 2.69 bits per heavy atom. The number of amides is 3. The highest BCUT2D eigenvalue weighted by Gasteiger charge is 2.36. The van der Waals surface area contributed by atoms with E-state index in [1.54, 1.807) is 16.9 Å². The van der Waals surface area contributed by atoms with E-state index in [4.69, 9.17) is 4.74 Å². The van der Waals surface area contributed by atoms with Crippen LogP contribution >= 0.6 is 0 Å². The summed E-state index contributed by atoms with van der Waals surface area (Å²) in [5.74, 6) is -0.199. The average Bonchev–Trinajstić information content (AvgIpc) is 3.13. The molecule has 0 bridgehead atoms. The summed E-state index contributed by atoms with van der Waals surface area (Å²) in [7, 11) is 5.22. The molecule has 0 aliphatic carbocycles. The van der Waals surface area contributed by atoms with E-state index in [-0.39, 0.29) is 24.1 Å². The summed E-state index contributed by atoms with van der Waals surface area (Å²) in [6.07, 6.45) is 0.156. The normalized spacial score (nSPS) is 15.7. The quantitative estimate of drug-likeness (QED) is 0.659. The Labute approximate surface area is 188 Å². The van der Waals surface area contributed by atoms with Crippen LogP contribution < -0.4 is 20.3 Å². The van der Waals surface area contributed by atoms with Crippen LogP contribution in [0.15, 0.2) is 42.5 Å². The molecule has 8 heteroatoms. The molecule has 0 spiro atoms. The predicted molar refractivity (Wildman–Crippen MR) is 124 cm³/mol. The van der Waals surface area contributed by atoms with Crippen LogP contribution in [-0.2, 0) is 20.9 Å². The second-order valence-electron chi connectivity index (χ2n) is 8.28. The summed E-state index contributed by atoms with van der Waals surface area (Å²) >= 11 is 0. The summed E-state index contributed by atoms with van der Waals surface area (Å²) in [6.45, 7) is 2.86. The van der Waals surface area contributed by atoms with Crippen LogP contribution in [0, 0.1) is 12.8 Å². The number of methoxy groups -OCH3 is 1. The minimum atomic E-state index is -0.435. The van der Waals surface area contributed by atoms with Crippen LogP contribution in [-0.4, -0.2) is 56.9 Å². The second-order valence-corrected chi connectivity index (χ2v) is 8.28. The first kappa shape index (κ1) is 23.3. The number of nitrogens with zero attached hydrogens (tertiary/aromatic N) is 2. The van der Waals surface area contributed by atoms with Crippen molar-refractivity contribution < 1.29 is 19.1 Å². The number of carbonyl (C=O) groups excluding carboxylic acids is 3. The summed E-state index contributed by atoms with van der Waals surface area (Å²) in [5.41, 5.74) is 3.24. The first-order chi connectivity index (χ1) is 15.3. The van der Waals surface area contributed by atoms with E-state index in [0.717, 1.165) is 11.1 Å². The van der Waals surface area contributed by atoms with Gasteiger partial charge in [0.25, 0.3) is 0 Å². The molecule has 8 nitrogen and oxygen atoms in total. The van der Waals surface area contributed by atoms with Gasteiger partial charge in [-0.25, -0.2) is 0 Å². The molecule has 0 saturated carbocycles. The maximum atomic E-state index is 12.7. The highest BCUT2D eigenvalue weighted by molar-refractivity contribution is 6.01. The zero-order valence-corrected chi connectivity index (χ0v) is 19.0. The van der Waals surface area contributed by atoms with Crippen LogP contribution in [0.25, 0.3) is 0 Å². The maximum absolute atomic E-state index is 12.7. The van der Waals surface area contributed by atoms with E-state index in [2.05, 4.69) is 10.6 Å². The van der Waals surface area contributed by atoms with Crippen molar-refractivity contribution in [2.75, 3.05) is 44.5 Å². The third kappa shape index (κ3) is 5.85. The van der Waals surface area contributed by atoms with Gasteiger partial charge in [0.05, 0.1) is 25.3 Å². The monoisotopic (exact) mass is 438 g/mol. The molecular weight excluding hydrogens is 408 g/mol. The van der Waals surface area contributed by atoms with Gasteiger partial charge in [-0.3, -0.25) is 14.4 Å². The van der Waals surface area contributed by atoms with Gasteiger partial charge in [-0.05, 0) is 56.4 Å². The Kier molecular flexibility index (Phi) is 7.48. The molecule has 3 rings (SSSR count). The maximum Gasteiger partial charge on any atom is 0.238 e. The number of carbonyl (C=O) groups is 3. The largest absolute Gasteiger partial charge is 0.495 e. The molecule has 1 fully saturated rings. The van der Waals surface area contributed by atoms with Crippen LogP contribution in [0.3, 0.4) is 0 Å². The molecule has 32 heavy (non-hydrogen) atoms. The van der Waals surface area contributed by atoms with Crippen molar-refractivity contribution in [3.05, 3.63) is 53.6 Å². The topological polar surface area (TPSA) is 91.0 Å². The molecule has 0 radical (unpaired) electrons. The predicted octanol–water partition coefficient (Wildman–Crippen LogP) is 2.17. The fraction of sp³-hybridized carbons (Fsp3) is 0.375. The van der Waals surface area contributed by atoms with Gasteiger partial charge in [0.1, 0.15) is 5.75 Å². The summed E-state index contributed by atoms with van der Waals surface area (Å²) in [4.78, 5) is 40.7. The Hall–Kier alpha value is -3.39. The lowest BCUT2D eigenvalue weighted by Crippen LogP contribution is -2.32. The number of hydrogen-bond acceptors (Lipinski definition) is 5. The third-order valence-electron chi connectivity index (χ3n) is 5.26. The van der Waals surface area contributed by atoms with E-state index < -0.39 is 5.92 Å². The molecule has 1 aliphatic rings. The number of benzene rings is 2. The van der Waals surface area contributed by atoms with E-state index >= 15 is 0 Å². The van der Waals surface area contributed by atoms with Crippen molar-refractivity contribution in [3.63, 3.8) is 0 Å². The first-order valence-electron chi connectivity index (χ1n) is 10.5. The van der Waals surface area contributed by atoms with Crippen molar-refractivity contribution in [2.45, 2.75) is 19.9 Å². The molecule has 0 aromatic heterocycles. The van der Waals surface area contributed by atoms with Gasteiger partial charge in [0, 0.05) is 25.2 Å². The third-order valence-corrected chi connectivity index (χ3v) is 5.26. The average molecular weight is 439 g/mol. The number of aryl methyl sites for hydroxylation is 1. The minimum Gasteiger partial charge on any atom is -0.495 e. The molecule has 2 aromatic rings. The Morgan fingerprint density at radius 2 is 1.97 bits per heavy atom. The van der Waals surface area contributed by atoms with Crippen LogP contribution in [0.4, 0.5) is 11.4 Å². The van der Waals surface area contributed by atoms with Gasteiger partial charge in [0.2, 0.25) is 17.7 Å². The van der Waals surface area contributed by atoms with Crippen molar-refractivity contribution in [2.24, 2.45) is 5.92 Å². The van der Waals surface area contributed by atoms with Gasteiger partial charge < -0.3 is 25.2 Å². The molecule has 1 unspecified atom stereocenters. The Bertz CT molecular complexity index is 1010. The molecule has 2 aromatic carbocycles. The smallest absolute Gasteiger partial charge is 0.238 e. The lowest BCUT2D eigenvalue weighted by atomic mass is 10.1. The van der Waals surface area contributed by atoms with Crippen molar-refractivity contribution in [1.82, 2.24) is 10.2 Å². The number of ether oxygens (including phenoxy) is 1. The Morgan fingerprint density at radius 1 is 1.19 bits per heavy atom. The SMILES string of the molecule is COc1ccc(C)cc1N1CC(C(=O)NCc2cccc(NC(=O)CN(C)C)c2)CC1=O. The molecule has 170 valence electrons. The molecule has 1 heterocycles. The van der Waals surface area contributed by atoms with Gasteiger partial charge in [-0.15, -0.1) is 0 Å². The number of rotatable bonds is 8. The van der Waals surface area contributed by atoms with Gasteiger partial charge >= 0.3 is 0 Å². The van der Waals surface area contributed by atoms with Gasteiger partial charge in [-0.2, -0.15) is 0 Å². The lowest BCUT2D eigenvalue weighted by Gasteiger charge is -2.20. The highest BCUT2D eigenvalue weighted by atomic mass is 16.5. The van der Waals surface area contributed by atoms with Crippen molar-refractivity contribution in [3.8, 4) is 5.75 Å². The summed E-state index contributed by atoms with van der Waals surface area (Å²) < 4.78 is 5.39. The molecular formula is C24H30N4O4. The zero-order valence-electron chi connectivity index (χ0n) is 19.0. The van der Waals surface area contributed by atoms with E-state index in [1.165, 1.54) is 0 Å². The summed E-state index contributed by atoms with van der Waals surface area (Å²) in [6, 6.07) is 13.0. The number of nitrogens with one attached hydrogen (secondary N) is 2. The van der Waals surface area contributed by atoms with Gasteiger partial charge in [0.15, 0.2) is 0 Å². The fourth-order valence-electron chi connectivity index (χ4n) is 3.71. The first-order valence-corrected chi connectivity index (χ1v) is 10.5. The molecule has 2 N–H and O–H groups in total. The molecule has 3 amide bonds. The highest BCUT2D eigenvalue weighted by Crippen LogP contribution is 2.34. The minimum absolute atomic E-state index is 0.0975. The standard InChI is InChI=1S/C24H30N4O4/c1-16-8-9-21(32-4)20(10-16)28-14-18(12-23(28)30)24(31)25-13-17-6-5-7-19(11-17)26-22(29)15-27(2)3/h5-11,18H,12-15H2,1-4H3,(H,25,31)(H,26,29). The van der Waals surface area contributed by atoms with E-state index in [9.17, 15) is 14.4 Å².